The Morgan fingerprint density at radius 3 is 3.36 bits per heavy atom. The van der Waals surface area contributed by atoms with Gasteiger partial charge in [0.1, 0.15) is 0 Å². The molecule has 1 aliphatic heterocycles. The molecule has 2 N–H and O–H groups in total. The van der Waals surface area contributed by atoms with E-state index in [-0.39, 0.29) is 6.42 Å². The van der Waals surface area contributed by atoms with Crippen LogP contribution in [0.3, 0.4) is 0 Å². The zero-order valence-corrected chi connectivity index (χ0v) is 7.86. The van der Waals surface area contributed by atoms with Crippen molar-refractivity contribution in [2.24, 2.45) is 0 Å². The van der Waals surface area contributed by atoms with Crippen LogP contribution in [-0.4, -0.2) is 39.3 Å². The SMILES string of the molecule is O=C(O)CCN1CCc2cn[nH]c2C1. The maximum Gasteiger partial charge on any atom is 0.304 e. The maximum absolute atomic E-state index is 10.4. The van der Waals surface area contributed by atoms with Gasteiger partial charge in [-0.05, 0) is 12.0 Å². The highest BCUT2D eigenvalue weighted by atomic mass is 16.4. The van der Waals surface area contributed by atoms with Gasteiger partial charge in [0.15, 0.2) is 0 Å². The topological polar surface area (TPSA) is 69.2 Å². The summed E-state index contributed by atoms with van der Waals surface area (Å²) in [5, 5.41) is 15.5. The van der Waals surface area contributed by atoms with Crippen LogP contribution in [0.1, 0.15) is 17.7 Å². The van der Waals surface area contributed by atoms with Crippen LogP contribution in [0.4, 0.5) is 0 Å². The highest BCUT2D eigenvalue weighted by Crippen LogP contribution is 2.15. The second-order valence-electron chi connectivity index (χ2n) is 3.54. The Bertz CT molecular complexity index is 335. The minimum Gasteiger partial charge on any atom is -0.481 e. The van der Waals surface area contributed by atoms with Gasteiger partial charge in [0, 0.05) is 19.6 Å². The minimum absolute atomic E-state index is 0.212. The average Bonchev–Trinajstić information content (AvgIpc) is 2.61. The van der Waals surface area contributed by atoms with Crippen LogP contribution in [0.15, 0.2) is 6.20 Å². The van der Waals surface area contributed by atoms with E-state index in [1.165, 1.54) is 5.56 Å². The van der Waals surface area contributed by atoms with Gasteiger partial charge in [-0.25, -0.2) is 0 Å². The lowest BCUT2D eigenvalue weighted by atomic mass is 10.1. The van der Waals surface area contributed by atoms with Gasteiger partial charge in [0.25, 0.3) is 0 Å². The summed E-state index contributed by atoms with van der Waals surface area (Å²) in [4.78, 5) is 12.5. The van der Waals surface area contributed by atoms with E-state index in [4.69, 9.17) is 5.11 Å². The molecule has 1 aromatic rings. The molecule has 0 saturated carbocycles. The lowest BCUT2D eigenvalue weighted by Gasteiger charge is -2.25. The van der Waals surface area contributed by atoms with Gasteiger partial charge in [0.05, 0.1) is 18.3 Å². The number of carboxylic acid groups (broad SMARTS) is 1. The lowest BCUT2D eigenvalue weighted by Crippen LogP contribution is -2.32. The van der Waals surface area contributed by atoms with Crippen molar-refractivity contribution in [2.75, 3.05) is 13.1 Å². The van der Waals surface area contributed by atoms with Crippen molar-refractivity contribution in [3.05, 3.63) is 17.5 Å². The smallest absolute Gasteiger partial charge is 0.304 e. The van der Waals surface area contributed by atoms with Crippen molar-refractivity contribution in [3.8, 4) is 0 Å². The van der Waals surface area contributed by atoms with Crippen LogP contribution < -0.4 is 0 Å². The van der Waals surface area contributed by atoms with E-state index >= 15 is 0 Å². The molecule has 0 saturated heterocycles. The Morgan fingerprint density at radius 1 is 1.71 bits per heavy atom. The molecule has 0 radical (unpaired) electrons. The monoisotopic (exact) mass is 195 g/mol. The molecule has 2 rings (SSSR count). The van der Waals surface area contributed by atoms with Crippen LogP contribution in [0.5, 0.6) is 0 Å². The second kappa shape index (κ2) is 3.79. The molecule has 0 aliphatic carbocycles. The third kappa shape index (κ3) is 1.93. The number of H-pyrrole nitrogens is 1. The van der Waals surface area contributed by atoms with E-state index in [2.05, 4.69) is 15.1 Å². The summed E-state index contributed by atoms with van der Waals surface area (Å²) in [5.41, 5.74) is 2.39. The van der Waals surface area contributed by atoms with Crippen molar-refractivity contribution < 1.29 is 9.90 Å². The predicted molar refractivity (Wildman–Crippen MR) is 49.8 cm³/mol. The Morgan fingerprint density at radius 2 is 2.57 bits per heavy atom. The average molecular weight is 195 g/mol. The molecule has 0 bridgehead atoms. The Balaban J connectivity index is 1.91. The summed E-state index contributed by atoms with van der Waals surface area (Å²) in [6, 6.07) is 0. The van der Waals surface area contributed by atoms with Gasteiger partial charge in [-0.2, -0.15) is 5.10 Å². The molecule has 2 heterocycles. The molecule has 1 aliphatic rings. The highest BCUT2D eigenvalue weighted by Gasteiger charge is 2.17. The molecule has 0 unspecified atom stereocenters. The van der Waals surface area contributed by atoms with Crippen molar-refractivity contribution in [3.63, 3.8) is 0 Å². The number of nitrogens with zero attached hydrogens (tertiary/aromatic N) is 2. The number of nitrogens with one attached hydrogen (secondary N) is 1. The van der Waals surface area contributed by atoms with Gasteiger partial charge >= 0.3 is 5.97 Å². The molecule has 5 nitrogen and oxygen atoms in total. The number of rotatable bonds is 3. The van der Waals surface area contributed by atoms with Gasteiger partial charge in [-0.3, -0.25) is 14.8 Å². The van der Waals surface area contributed by atoms with E-state index in [1.807, 2.05) is 6.20 Å². The summed E-state index contributed by atoms with van der Waals surface area (Å²) in [5.74, 6) is -0.736. The van der Waals surface area contributed by atoms with E-state index in [1.54, 1.807) is 0 Å². The minimum atomic E-state index is -0.736. The standard InChI is InChI=1S/C9H13N3O2/c13-9(14)2-4-12-3-1-7-5-10-11-8(7)6-12/h5H,1-4,6H2,(H,10,11)(H,13,14). The van der Waals surface area contributed by atoms with E-state index < -0.39 is 5.97 Å². The molecular formula is C9H13N3O2. The molecule has 0 spiro atoms. The molecule has 76 valence electrons. The summed E-state index contributed by atoms with van der Waals surface area (Å²) >= 11 is 0. The normalized spacial score (nSPS) is 16.6. The predicted octanol–water partition coefficient (Wildman–Crippen LogP) is 0.242. The first-order valence-electron chi connectivity index (χ1n) is 4.71. The third-order valence-corrected chi connectivity index (χ3v) is 2.53. The number of carboxylic acids is 1. The molecule has 0 aromatic carbocycles. The van der Waals surface area contributed by atoms with Crippen LogP contribution in [0.25, 0.3) is 0 Å². The fraction of sp³-hybridized carbons (Fsp3) is 0.556. The third-order valence-electron chi connectivity index (χ3n) is 2.53. The molecule has 1 aromatic heterocycles. The lowest BCUT2D eigenvalue weighted by molar-refractivity contribution is -0.137. The number of hydrogen-bond donors (Lipinski definition) is 2. The number of fused-ring (bicyclic) bond motifs is 1. The Kier molecular flexibility index (Phi) is 2.49. The summed E-state index contributed by atoms with van der Waals surface area (Å²) < 4.78 is 0. The number of aromatic nitrogens is 2. The first kappa shape index (κ1) is 9.21. The zero-order valence-electron chi connectivity index (χ0n) is 7.86. The van der Waals surface area contributed by atoms with Crippen LogP contribution in [0.2, 0.25) is 0 Å². The van der Waals surface area contributed by atoms with Gasteiger partial charge in [-0.15, -0.1) is 0 Å². The van der Waals surface area contributed by atoms with Gasteiger partial charge in [0.2, 0.25) is 0 Å². The molecule has 0 fully saturated rings. The second-order valence-corrected chi connectivity index (χ2v) is 3.54. The quantitative estimate of drug-likeness (QED) is 0.725. The molecule has 14 heavy (non-hydrogen) atoms. The van der Waals surface area contributed by atoms with Crippen LogP contribution in [-0.2, 0) is 17.8 Å². The van der Waals surface area contributed by atoms with Crippen LogP contribution in [0, 0.1) is 0 Å². The van der Waals surface area contributed by atoms with Crippen molar-refractivity contribution in [1.82, 2.24) is 15.1 Å². The molecule has 0 amide bonds. The Hall–Kier alpha value is -1.36. The summed E-state index contributed by atoms with van der Waals surface area (Å²) in [7, 11) is 0. The zero-order chi connectivity index (χ0) is 9.97. The fourth-order valence-electron chi connectivity index (χ4n) is 1.72. The number of aliphatic carboxylic acids is 1. The number of carbonyl (C=O) groups is 1. The van der Waals surface area contributed by atoms with Gasteiger partial charge in [-0.1, -0.05) is 0 Å². The number of hydrogen-bond acceptors (Lipinski definition) is 3. The molecule has 0 atom stereocenters. The Labute approximate surface area is 81.7 Å². The van der Waals surface area contributed by atoms with E-state index in [0.717, 1.165) is 25.2 Å². The van der Waals surface area contributed by atoms with Crippen LogP contribution >= 0.6 is 0 Å². The van der Waals surface area contributed by atoms with E-state index in [9.17, 15) is 4.79 Å². The maximum atomic E-state index is 10.4. The van der Waals surface area contributed by atoms with Crippen molar-refractivity contribution in [2.45, 2.75) is 19.4 Å². The molecule has 5 heteroatoms. The highest BCUT2D eigenvalue weighted by molar-refractivity contribution is 5.66. The van der Waals surface area contributed by atoms with Gasteiger partial charge < -0.3 is 5.11 Å². The van der Waals surface area contributed by atoms with E-state index in [0.29, 0.717) is 6.54 Å². The molecular weight excluding hydrogens is 182 g/mol. The van der Waals surface area contributed by atoms with Crippen molar-refractivity contribution >= 4 is 5.97 Å². The summed E-state index contributed by atoms with van der Waals surface area (Å²) in [6.07, 6.45) is 3.03. The van der Waals surface area contributed by atoms with Crippen molar-refractivity contribution in [1.29, 1.82) is 0 Å². The fourth-order valence-corrected chi connectivity index (χ4v) is 1.72. The first-order chi connectivity index (χ1) is 6.75. The largest absolute Gasteiger partial charge is 0.481 e. The first-order valence-corrected chi connectivity index (χ1v) is 4.71. The number of aromatic amines is 1. The summed E-state index contributed by atoms with van der Waals surface area (Å²) in [6.45, 7) is 2.34.